The van der Waals surface area contributed by atoms with Crippen LogP contribution in [0, 0.1) is 0 Å². The first-order valence-corrected chi connectivity index (χ1v) is 4.73. The number of rotatable bonds is 1. The van der Waals surface area contributed by atoms with E-state index in [1.54, 1.807) is 18.2 Å². The molecular formula is C6H8ClNO3S. The molecule has 0 aliphatic rings. The van der Waals surface area contributed by atoms with Gasteiger partial charge in [-0.05, 0) is 23.9 Å². The second kappa shape index (κ2) is 5.10. The third-order valence-electron chi connectivity index (χ3n) is 1.04. The summed E-state index contributed by atoms with van der Waals surface area (Å²) in [7, 11) is -4.00. The molecule has 0 saturated carbocycles. The van der Waals surface area contributed by atoms with Crippen LogP contribution in [-0.4, -0.2) is 13.0 Å². The van der Waals surface area contributed by atoms with Crippen molar-refractivity contribution in [2.75, 3.05) is 0 Å². The molecule has 0 fully saturated rings. The highest BCUT2D eigenvalue weighted by atomic mass is 35.5. The normalized spacial score (nSPS) is 9.92. The zero-order valence-electron chi connectivity index (χ0n) is 6.01. The number of halogens is 1. The van der Waals surface area contributed by atoms with Gasteiger partial charge in [-0.25, -0.2) is 5.25 Å². The van der Waals surface area contributed by atoms with Crippen molar-refractivity contribution < 1.29 is 13.0 Å². The van der Waals surface area contributed by atoms with E-state index in [0.29, 0.717) is 0 Å². The molecule has 4 nitrogen and oxygen atoms in total. The maximum absolute atomic E-state index is 10.4. The molecule has 68 valence electrons. The van der Waals surface area contributed by atoms with E-state index in [9.17, 15) is 8.42 Å². The number of hydrogen-bond donors (Lipinski definition) is 2. The van der Waals surface area contributed by atoms with Crippen molar-refractivity contribution >= 4 is 21.9 Å². The maximum Gasteiger partial charge on any atom is 0.294 e. The van der Waals surface area contributed by atoms with E-state index < -0.39 is 10.1 Å². The summed E-state index contributed by atoms with van der Waals surface area (Å²) >= 11 is 4.14. The zero-order chi connectivity index (χ0) is 9.61. The summed E-state index contributed by atoms with van der Waals surface area (Å²) in [5.74, 6) is 0. The zero-order valence-corrected chi connectivity index (χ0v) is 7.59. The molecule has 0 unspecified atom stereocenters. The fourth-order valence-electron chi connectivity index (χ4n) is 0.592. The van der Waals surface area contributed by atoms with Crippen LogP contribution >= 0.6 is 11.8 Å². The van der Waals surface area contributed by atoms with Gasteiger partial charge in [0, 0.05) is 0 Å². The number of hydrogen-bond acceptors (Lipinski definition) is 3. The molecule has 1 aromatic carbocycles. The Morgan fingerprint density at radius 1 is 1.17 bits per heavy atom. The molecule has 3 N–H and O–H groups in total. The van der Waals surface area contributed by atoms with Gasteiger partial charge in [0.1, 0.15) is 0 Å². The third-order valence-corrected chi connectivity index (χ3v) is 1.91. The van der Waals surface area contributed by atoms with Crippen LogP contribution in [0.1, 0.15) is 0 Å². The van der Waals surface area contributed by atoms with Crippen LogP contribution in [-0.2, 0) is 10.1 Å². The van der Waals surface area contributed by atoms with Crippen molar-refractivity contribution in [3.05, 3.63) is 30.3 Å². The van der Waals surface area contributed by atoms with Gasteiger partial charge >= 0.3 is 0 Å². The average molecular weight is 210 g/mol. The highest BCUT2D eigenvalue weighted by Gasteiger charge is 2.05. The van der Waals surface area contributed by atoms with Crippen molar-refractivity contribution in [1.82, 2.24) is 0 Å². The molecule has 12 heavy (non-hydrogen) atoms. The highest BCUT2D eigenvalue weighted by Crippen LogP contribution is 2.05. The topological polar surface area (TPSA) is 80.4 Å². The molecule has 1 aromatic rings. The monoisotopic (exact) mass is 209 g/mol. The van der Waals surface area contributed by atoms with Crippen molar-refractivity contribution in [2.24, 2.45) is 5.25 Å². The first kappa shape index (κ1) is 11.4. The van der Waals surface area contributed by atoms with Crippen LogP contribution in [0.5, 0.6) is 0 Å². The molecular weight excluding hydrogens is 202 g/mol. The minimum Gasteiger partial charge on any atom is -0.282 e. The summed E-state index contributed by atoms with van der Waals surface area (Å²) in [6.45, 7) is 0. The fraction of sp³-hybridized carbons (Fsp3) is 0. The van der Waals surface area contributed by atoms with E-state index >= 15 is 0 Å². The molecule has 0 amide bonds. The molecule has 0 atom stereocenters. The summed E-state index contributed by atoms with van der Waals surface area (Å²) in [5.41, 5.74) is 0. The molecule has 0 saturated heterocycles. The van der Waals surface area contributed by atoms with Gasteiger partial charge in [0.05, 0.1) is 4.90 Å². The van der Waals surface area contributed by atoms with Crippen LogP contribution in [0.3, 0.4) is 0 Å². The van der Waals surface area contributed by atoms with E-state index in [0.717, 1.165) is 0 Å². The summed E-state index contributed by atoms with van der Waals surface area (Å²) in [6, 6.07) is 7.42. The summed E-state index contributed by atoms with van der Waals surface area (Å²) in [4.78, 5) is -0.0741. The maximum atomic E-state index is 10.4. The lowest BCUT2D eigenvalue weighted by Gasteiger charge is -1.92. The average Bonchev–Trinajstić information content (AvgIpc) is 2.08. The Bertz CT molecular complexity index is 311. The van der Waals surface area contributed by atoms with Gasteiger partial charge < -0.3 is 0 Å². The van der Waals surface area contributed by atoms with Gasteiger partial charge in [0.15, 0.2) is 0 Å². The Kier molecular flexibility index (Phi) is 4.84. The van der Waals surface area contributed by atoms with Crippen LogP contribution in [0.15, 0.2) is 35.2 Å². The molecule has 0 radical (unpaired) electrons. The van der Waals surface area contributed by atoms with Gasteiger partial charge in [-0.1, -0.05) is 18.2 Å². The SMILES string of the molecule is NCl.O=S(=O)(O)c1ccccc1. The predicted octanol–water partition coefficient (Wildman–Crippen LogP) is 1.03. The summed E-state index contributed by atoms with van der Waals surface area (Å²) < 4.78 is 29.2. The Balaban J connectivity index is 0.000000561. The molecule has 0 heterocycles. The van der Waals surface area contributed by atoms with Crippen molar-refractivity contribution in [2.45, 2.75) is 4.90 Å². The molecule has 1 rings (SSSR count). The van der Waals surface area contributed by atoms with Gasteiger partial charge in [-0.15, -0.1) is 0 Å². The van der Waals surface area contributed by atoms with E-state index in [1.165, 1.54) is 12.1 Å². The highest BCUT2D eigenvalue weighted by molar-refractivity contribution is 7.85. The quantitative estimate of drug-likeness (QED) is 0.535. The first-order valence-electron chi connectivity index (χ1n) is 2.85. The number of nitrogens with two attached hydrogens (primary N) is 1. The second-order valence-electron chi connectivity index (χ2n) is 1.79. The van der Waals surface area contributed by atoms with Crippen LogP contribution in [0.4, 0.5) is 0 Å². The third kappa shape index (κ3) is 3.68. The first-order chi connectivity index (χ1) is 5.61. The predicted molar refractivity (Wildman–Crippen MR) is 46.3 cm³/mol. The van der Waals surface area contributed by atoms with Gasteiger partial charge in [-0.2, -0.15) is 8.42 Å². The molecule has 6 heteroatoms. The Morgan fingerprint density at radius 3 is 1.83 bits per heavy atom. The van der Waals surface area contributed by atoms with Gasteiger partial charge in [0.25, 0.3) is 10.1 Å². The second-order valence-corrected chi connectivity index (χ2v) is 3.21. The molecule has 0 aliphatic carbocycles. The smallest absolute Gasteiger partial charge is 0.282 e. The Labute approximate surface area is 75.8 Å². The minimum absolute atomic E-state index is 0.0741. The van der Waals surface area contributed by atoms with Crippen LogP contribution < -0.4 is 5.25 Å². The summed E-state index contributed by atoms with van der Waals surface area (Å²) in [5, 5.41) is 3.97. The molecule has 0 bridgehead atoms. The fourth-order valence-corrected chi connectivity index (χ4v) is 1.09. The van der Waals surface area contributed by atoms with Gasteiger partial charge in [0.2, 0.25) is 0 Å². The molecule has 0 aliphatic heterocycles. The summed E-state index contributed by atoms with van der Waals surface area (Å²) in [6.07, 6.45) is 0. The van der Waals surface area contributed by atoms with E-state index in [-0.39, 0.29) is 4.90 Å². The molecule has 0 spiro atoms. The lowest BCUT2D eigenvalue weighted by molar-refractivity contribution is 0.483. The largest absolute Gasteiger partial charge is 0.294 e. The van der Waals surface area contributed by atoms with E-state index in [4.69, 9.17) is 4.55 Å². The van der Waals surface area contributed by atoms with Crippen molar-refractivity contribution in [3.8, 4) is 0 Å². The van der Waals surface area contributed by atoms with Crippen molar-refractivity contribution in [3.63, 3.8) is 0 Å². The van der Waals surface area contributed by atoms with Crippen LogP contribution in [0.2, 0.25) is 0 Å². The Hall–Kier alpha value is -0.620. The van der Waals surface area contributed by atoms with Crippen molar-refractivity contribution in [1.29, 1.82) is 0 Å². The lowest BCUT2D eigenvalue weighted by atomic mass is 10.4. The Morgan fingerprint density at radius 2 is 1.58 bits per heavy atom. The van der Waals surface area contributed by atoms with E-state index in [2.05, 4.69) is 17.0 Å². The number of benzene rings is 1. The molecule has 0 aromatic heterocycles. The lowest BCUT2D eigenvalue weighted by Crippen LogP contribution is -1.96. The van der Waals surface area contributed by atoms with Crippen LogP contribution in [0.25, 0.3) is 0 Å². The standard InChI is InChI=1S/C6H6O3S.ClH2N/c7-10(8,9)6-4-2-1-3-5-6;1-2/h1-5H,(H,7,8,9);2H2. The van der Waals surface area contributed by atoms with E-state index in [1.807, 2.05) is 0 Å². The minimum atomic E-state index is -4.00. The van der Waals surface area contributed by atoms with Gasteiger partial charge in [-0.3, -0.25) is 4.55 Å².